The van der Waals surface area contributed by atoms with Crippen LogP contribution in [-0.4, -0.2) is 12.7 Å². The van der Waals surface area contributed by atoms with Crippen LogP contribution in [0.2, 0.25) is 0 Å². The van der Waals surface area contributed by atoms with Crippen molar-refractivity contribution in [2.24, 2.45) is 17.8 Å². The lowest BCUT2D eigenvalue weighted by molar-refractivity contribution is 0.00395. The first-order chi connectivity index (χ1) is 9.33. The zero-order valence-electron chi connectivity index (χ0n) is 13.2. The predicted octanol–water partition coefficient (Wildman–Crippen LogP) is 5.58. The first kappa shape index (κ1) is 15.4. The molecule has 0 radical (unpaired) electrons. The first-order valence-corrected chi connectivity index (χ1v) is 8.95. The summed E-state index contributed by atoms with van der Waals surface area (Å²) in [4.78, 5) is 0. The van der Waals surface area contributed by atoms with Crippen molar-refractivity contribution in [3.63, 3.8) is 0 Å². The molecule has 0 saturated heterocycles. The Morgan fingerprint density at radius 2 is 1.68 bits per heavy atom. The van der Waals surface area contributed by atoms with Crippen molar-refractivity contribution in [3.8, 4) is 0 Å². The first-order valence-electron chi connectivity index (χ1n) is 8.95. The molecule has 112 valence electrons. The fraction of sp³-hybridized carbons (Fsp3) is 1.00. The molecule has 2 aliphatic rings. The van der Waals surface area contributed by atoms with Gasteiger partial charge >= 0.3 is 0 Å². The van der Waals surface area contributed by atoms with Crippen LogP contribution >= 0.6 is 0 Å². The van der Waals surface area contributed by atoms with Gasteiger partial charge in [0.2, 0.25) is 0 Å². The van der Waals surface area contributed by atoms with Crippen LogP contribution in [0.3, 0.4) is 0 Å². The van der Waals surface area contributed by atoms with Gasteiger partial charge in [-0.2, -0.15) is 0 Å². The maximum Gasteiger partial charge on any atom is 0.0577 e. The quantitative estimate of drug-likeness (QED) is 0.610. The van der Waals surface area contributed by atoms with Crippen LogP contribution in [0.1, 0.15) is 84.5 Å². The molecule has 1 nitrogen and oxygen atoms in total. The highest BCUT2D eigenvalue weighted by atomic mass is 16.5. The average Bonchev–Trinajstić information content (AvgIpc) is 2.46. The topological polar surface area (TPSA) is 9.23 Å². The molecule has 0 aliphatic heterocycles. The summed E-state index contributed by atoms with van der Waals surface area (Å²) in [6.07, 6.45) is 16.5. The summed E-state index contributed by atoms with van der Waals surface area (Å²) in [5.41, 5.74) is 0. The minimum Gasteiger partial charge on any atom is -0.378 e. The Labute approximate surface area is 120 Å². The lowest BCUT2D eigenvalue weighted by Gasteiger charge is -2.38. The Hall–Kier alpha value is -0.0400. The number of ether oxygens (including phenoxy) is 1. The minimum atomic E-state index is 0.585. The van der Waals surface area contributed by atoms with Crippen LogP contribution in [0.4, 0.5) is 0 Å². The zero-order valence-corrected chi connectivity index (χ0v) is 13.2. The molecule has 0 aromatic heterocycles. The third kappa shape index (κ3) is 4.77. The van der Waals surface area contributed by atoms with Gasteiger partial charge in [0.05, 0.1) is 6.10 Å². The molecule has 0 spiro atoms. The second-order valence-electron chi connectivity index (χ2n) is 6.93. The molecule has 0 heterocycles. The van der Waals surface area contributed by atoms with Gasteiger partial charge in [0.25, 0.3) is 0 Å². The predicted molar refractivity (Wildman–Crippen MR) is 82.3 cm³/mol. The van der Waals surface area contributed by atoms with Crippen molar-refractivity contribution >= 4 is 0 Å². The van der Waals surface area contributed by atoms with Crippen molar-refractivity contribution in [1.82, 2.24) is 0 Å². The fourth-order valence-corrected chi connectivity index (χ4v) is 4.44. The molecule has 0 bridgehead atoms. The molecule has 2 fully saturated rings. The van der Waals surface area contributed by atoms with Crippen molar-refractivity contribution in [2.45, 2.75) is 90.6 Å². The van der Waals surface area contributed by atoms with Crippen LogP contribution < -0.4 is 0 Å². The van der Waals surface area contributed by atoms with Gasteiger partial charge in [0.1, 0.15) is 0 Å². The normalized spacial score (nSPS) is 36.3. The van der Waals surface area contributed by atoms with E-state index in [-0.39, 0.29) is 0 Å². The molecule has 2 saturated carbocycles. The minimum absolute atomic E-state index is 0.585. The van der Waals surface area contributed by atoms with Crippen LogP contribution in [0.25, 0.3) is 0 Å². The summed E-state index contributed by atoms with van der Waals surface area (Å²) in [6.45, 7) is 5.37. The van der Waals surface area contributed by atoms with E-state index in [1.165, 1.54) is 70.6 Å². The molecule has 0 aromatic rings. The number of hydrogen-bond donors (Lipinski definition) is 0. The summed E-state index contributed by atoms with van der Waals surface area (Å²) in [7, 11) is 0. The van der Waals surface area contributed by atoms with Crippen molar-refractivity contribution in [2.75, 3.05) is 6.61 Å². The Morgan fingerprint density at radius 3 is 2.37 bits per heavy atom. The number of unbranched alkanes of at least 4 members (excludes halogenated alkanes) is 1. The van der Waals surface area contributed by atoms with Crippen molar-refractivity contribution < 1.29 is 4.74 Å². The summed E-state index contributed by atoms with van der Waals surface area (Å²) in [5.74, 6) is 3.07. The van der Waals surface area contributed by atoms with E-state index in [1.54, 1.807) is 0 Å². The van der Waals surface area contributed by atoms with E-state index in [2.05, 4.69) is 13.8 Å². The van der Waals surface area contributed by atoms with Crippen LogP contribution in [0.15, 0.2) is 0 Å². The molecule has 1 heteroatoms. The van der Waals surface area contributed by atoms with Gasteiger partial charge in [-0.25, -0.2) is 0 Å². The van der Waals surface area contributed by atoms with E-state index in [9.17, 15) is 0 Å². The van der Waals surface area contributed by atoms with Gasteiger partial charge in [0, 0.05) is 6.61 Å². The largest absolute Gasteiger partial charge is 0.378 e. The maximum atomic E-state index is 5.88. The highest BCUT2D eigenvalue weighted by Gasteiger charge is 2.31. The Balaban J connectivity index is 1.71. The molecular formula is C18H34O. The van der Waals surface area contributed by atoms with E-state index in [0.29, 0.717) is 6.10 Å². The van der Waals surface area contributed by atoms with Crippen molar-refractivity contribution in [1.29, 1.82) is 0 Å². The molecule has 19 heavy (non-hydrogen) atoms. The highest BCUT2D eigenvalue weighted by Crippen LogP contribution is 2.41. The summed E-state index contributed by atoms with van der Waals surface area (Å²) < 4.78 is 5.88. The van der Waals surface area contributed by atoms with Gasteiger partial charge in [0.15, 0.2) is 0 Å². The Kier molecular flexibility index (Phi) is 6.70. The molecule has 0 amide bonds. The molecule has 2 rings (SSSR count). The Morgan fingerprint density at radius 1 is 0.895 bits per heavy atom. The SMILES string of the molecule is CCCCC1CCC([C@@H]2CCC[C@@H](OCC)C2)CC1. The molecule has 0 unspecified atom stereocenters. The second-order valence-corrected chi connectivity index (χ2v) is 6.93. The number of rotatable bonds is 6. The third-order valence-corrected chi connectivity index (χ3v) is 5.59. The summed E-state index contributed by atoms with van der Waals surface area (Å²) in [6, 6.07) is 0. The monoisotopic (exact) mass is 266 g/mol. The van der Waals surface area contributed by atoms with E-state index >= 15 is 0 Å². The van der Waals surface area contributed by atoms with Crippen LogP contribution in [0, 0.1) is 17.8 Å². The molecule has 2 atom stereocenters. The van der Waals surface area contributed by atoms with Gasteiger partial charge < -0.3 is 4.74 Å². The van der Waals surface area contributed by atoms with Gasteiger partial charge in [-0.15, -0.1) is 0 Å². The van der Waals surface area contributed by atoms with Crippen molar-refractivity contribution in [3.05, 3.63) is 0 Å². The fourth-order valence-electron chi connectivity index (χ4n) is 4.44. The van der Waals surface area contributed by atoms with Crippen LogP contribution in [-0.2, 0) is 4.74 Å². The molecule has 2 aliphatic carbocycles. The van der Waals surface area contributed by atoms with Gasteiger partial charge in [-0.05, 0) is 56.8 Å². The second kappa shape index (κ2) is 8.29. The maximum absolute atomic E-state index is 5.88. The summed E-state index contributed by atoms with van der Waals surface area (Å²) >= 11 is 0. The highest BCUT2D eigenvalue weighted by molar-refractivity contribution is 4.82. The van der Waals surface area contributed by atoms with E-state index in [0.717, 1.165) is 24.4 Å². The summed E-state index contributed by atoms with van der Waals surface area (Å²) in [5, 5.41) is 0. The Bertz CT molecular complexity index is 228. The van der Waals surface area contributed by atoms with Gasteiger partial charge in [-0.1, -0.05) is 45.4 Å². The third-order valence-electron chi connectivity index (χ3n) is 5.59. The average molecular weight is 266 g/mol. The smallest absolute Gasteiger partial charge is 0.0577 e. The molecule has 0 aromatic carbocycles. The van der Waals surface area contributed by atoms with E-state index in [1.807, 2.05) is 0 Å². The lowest BCUT2D eigenvalue weighted by atomic mass is 9.70. The molecule has 0 N–H and O–H groups in total. The van der Waals surface area contributed by atoms with E-state index in [4.69, 9.17) is 4.74 Å². The van der Waals surface area contributed by atoms with E-state index < -0.39 is 0 Å². The number of hydrogen-bond acceptors (Lipinski definition) is 1. The van der Waals surface area contributed by atoms with Gasteiger partial charge in [-0.3, -0.25) is 0 Å². The standard InChI is InChI=1S/C18H34O/c1-3-5-7-15-10-12-16(13-11-15)17-8-6-9-18(14-17)19-4-2/h15-18H,3-14H2,1-2H3/t15?,16?,17-,18-/m1/s1. The zero-order chi connectivity index (χ0) is 13.5. The van der Waals surface area contributed by atoms with Crippen LogP contribution in [0.5, 0.6) is 0 Å². The lowest BCUT2D eigenvalue weighted by Crippen LogP contribution is -2.30. The molecular weight excluding hydrogens is 232 g/mol.